The monoisotopic (exact) mass is 273 g/mol. The zero-order valence-corrected chi connectivity index (χ0v) is 10.2. The van der Waals surface area contributed by atoms with Crippen LogP contribution in [0.5, 0.6) is 0 Å². The summed E-state index contributed by atoms with van der Waals surface area (Å²) in [5, 5.41) is 22.1. The molecule has 0 fully saturated rings. The molecule has 19 heavy (non-hydrogen) atoms. The molecule has 0 unspecified atom stereocenters. The maximum absolute atomic E-state index is 12.9. The van der Waals surface area contributed by atoms with E-state index in [0.717, 1.165) is 24.7 Å². The number of rotatable bonds is 2. The fraction of sp³-hybridized carbons (Fsp3) is 0.400. The molecule has 5 nitrogen and oxygen atoms in total. The number of hydrogen-bond donors (Lipinski definition) is 2. The number of nitrogens with zero attached hydrogens (tertiary/aromatic N) is 3. The van der Waals surface area contributed by atoms with Crippen molar-refractivity contribution in [1.82, 2.24) is 14.8 Å². The number of alkyl halides is 3. The fourth-order valence-electron chi connectivity index (χ4n) is 1.49. The highest BCUT2D eigenvalue weighted by Gasteiger charge is 2.49. The Morgan fingerprint density at radius 2 is 1.89 bits per heavy atom. The molecule has 0 aromatic carbocycles. The normalized spacial score (nSPS) is 13.0. The van der Waals surface area contributed by atoms with Crippen LogP contribution in [0.4, 0.5) is 13.2 Å². The largest absolute Gasteiger partial charge is 0.490 e. The van der Waals surface area contributed by atoms with Gasteiger partial charge >= 0.3 is 13.3 Å². The molecule has 0 amide bonds. The summed E-state index contributed by atoms with van der Waals surface area (Å²) >= 11 is 0. The van der Waals surface area contributed by atoms with Crippen molar-refractivity contribution in [3.8, 4) is 0 Å². The quantitative estimate of drug-likeness (QED) is 0.777. The summed E-state index contributed by atoms with van der Waals surface area (Å²) in [5.41, 5.74) is -1.97. The lowest BCUT2D eigenvalue weighted by atomic mass is 9.81. The van der Waals surface area contributed by atoms with Gasteiger partial charge in [0, 0.05) is 23.2 Å². The van der Waals surface area contributed by atoms with Crippen LogP contribution in [0.15, 0.2) is 18.5 Å². The molecule has 0 radical (unpaired) electrons. The third kappa shape index (κ3) is 2.30. The van der Waals surface area contributed by atoms with Crippen LogP contribution in [0.2, 0.25) is 0 Å². The van der Waals surface area contributed by atoms with E-state index in [-0.39, 0.29) is 11.1 Å². The second-order valence-corrected chi connectivity index (χ2v) is 4.69. The Balaban J connectivity index is 2.53. The van der Waals surface area contributed by atoms with Gasteiger partial charge in [0.15, 0.2) is 11.2 Å². The minimum absolute atomic E-state index is 0.0943. The van der Waals surface area contributed by atoms with Crippen LogP contribution in [-0.4, -0.2) is 38.1 Å². The molecule has 0 aliphatic carbocycles. The average molecular weight is 273 g/mol. The van der Waals surface area contributed by atoms with Crippen LogP contribution in [0, 0.1) is 0 Å². The van der Waals surface area contributed by atoms with Crippen LogP contribution in [0.1, 0.15) is 13.8 Å². The van der Waals surface area contributed by atoms with Crippen molar-refractivity contribution < 1.29 is 23.2 Å². The predicted octanol–water partition coefficient (Wildman–Crippen LogP) is 0.409. The van der Waals surface area contributed by atoms with Crippen molar-refractivity contribution in [2.75, 3.05) is 0 Å². The molecule has 2 N–H and O–H groups in total. The number of aromatic nitrogens is 3. The van der Waals surface area contributed by atoms with Crippen molar-refractivity contribution in [3.05, 3.63) is 18.5 Å². The van der Waals surface area contributed by atoms with Gasteiger partial charge in [-0.05, 0) is 19.9 Å². The molecule has 2 heterocycles. The van der Waals surface area contributed by atoms with Crippen molar-refractivity contribution in [3.63, 3.8) is 0 Å². The number of halogens is 3. The van der Waals surface area contributed by atoms with E-state index < -0.39 is 18.8 Å². The predicted molar refractivity (Wildman–Crippen MR) is 62.7 cm³/mol. The summed E-state index contributed by atoms with van der Waals surface area (Å²) < 4.78 is 39.5. The van der Waals surface area contributed by atoms with Crippen molar-refractivity contribution >= 4 is 23.6 Å². The lowest BCUT2D eigenvalue weighted by Crippen LogP contribution is -2.42. The lowest BCUT2D eigenvalue weighted by molar-refractivity contribution is -0.205. The van der Waals surface area contributed by atoms with Crippen LogP contribution >= 0.6 is 0 Å². The van der Waals surface area contributed by atoms with Gasteiger partial charge in [-0.3, -0.25) is 4.68 Å². The maximum atomic E-state index is 12.9. The van der Waals surface area contributed by atoms with Gasteiger partial charge < -0.3 is 10.0 Å². The first kappa shape index (κ1) is 13.8. The van der Waals surface area contributed by atoms with Crippen LogP contribution in [-0.2, 0) is 5.54 Å². The minimum Gasteiger partial charge on any atom is -0.423 e. The topological polar surface area (TPSA) is 71.2 Å². The van der Waals surface area contributed by atoms with E-state index in [0.29, 0.717) is 5.39 Å². The second kappa shape index (κ2) is 4.21. The number of hydrogen-bond acceptors (Lipinski definition) is 4. The molecule has 0 aliphatic heterocycles. The molecule has 2 aromatic rings. The highest BCUT2D eigenvalue weighted by atomic mass is 19.4. The Morgan fingerprint density at radius 3 is 2.42 bits per heavy atom. The first-order chi connectivity index (χ1) is 8.63. The van der Waals surface area contributed by atoms with Crippen LogP contribution in [0.25, 0.3) is 11.0 Å². The minimum atomic E-state index is -4.46. The lowest BCUT2D eigenvalue weighted by Gasteiger charge is -2.27. The van der Waals surface area contributed by atoms with E-state index in [9.17, 15) is 13.2 Å². The van der Waals surface area contributed by atoms with E-state index in [4.69, 9.17) is 10.0 Å². The Bertz CT molecular complexity index is 610. The first-order valence-electron chi connectivity index (χ1n) is 5.41. The Labute approximate surface area is 106 Å². The molecule has 102 valence electrons. The van der Waals surface area contributed by atoms with Crippen molar-refractivity contribution in [2.24, 2.45) is 0 Å². The standard InChI is InChI=1S/C10H11BF3N3O2/c1-9(2,10(12,13)14)17-5-6-3-7(11(18)19)4-15-8(6)16-17/h3-5,18-19H,1-2H3. The number of pyridine rings is 1. The molecule has 0 aliphatic rings. The molecular formula is C10H11BF3N3O2. The zero-order chi connectivity index (χ0) is 14.4. The summed E-state index contributed by atoms with van der Waals surface area (Å²) in [6.45, 7) is 2.00. The first-order valence-corrected chi connectivity index (χ1v) is 5.41. The van der Waals surface area contributed by atoms with Gasteiger partial charge in [0.2, 0.25) is 0 Å². The molecule has 0 spiro atoms. The van der Waals surface area contributed by atoms with Crippen LogP contribution < -0.4 is 5.46 Å². The molecule has 0 bridgehead atoms. The maximum Gasteiger partial charge on any atom is 0.490 e. The van der Waals surface area contributed by atoms with Crippen LogP contribution in [0.3, 0.4) is 0 Å². The smallest absolute Gasteiger partial charge is 0.423 e. The Kier molecular flexibility index (Phi) is 3.06. The molecule has 2 rings (SSSR count). The molecule has 2 aromatic heterocycles. The summed E-state index contributed by atoms with van der Waals surface area (Å²) in [7, 11) is -1.73. The highest BCUT2D eigenvalue weighted by molar-refractivity contribution is 6.58. The molecule has 9 heteroatoms. The zero-order valence-electron chi connectivity index (χ0n) is 10.2. The summed E-state index contributed by atoms with van der Waals surface area (Å²) in [6.07, 6.45) is -2.12. The third-order valence-electron chi connectivity index (χ3n) is 2.94. The van der Waals surface area contributed by atoms with Gasteiger partial charge in [0.25, 0.3) is 0 Å². The van der Waals surface area contributed by atoms with Gasteiger partial charge in [-0.1, -0.05) is 0 Å². The summed E-state index contributed by atoms with van der Waals surface area (Å²) in [6, 6.07) is 1.34. The third-order valence-corrected chi connectivity index (χ3v) is 2.94. The SMILES string of the molecule is CC(C)(n1cc2cc(B(O)O)cnc2n1)C(F)(F)F. The van der Waals surface area contributed by atoms with Gasteiger partial charge in [-0.2, -0.15) is 18.3 Å². The molecule has 0 saturated carbocycles. The van der Waals surface area contributed by atoms with Gasteiger partial charge in [-0.15, -0.1) is 0 Å². The van der Waals surface area contributed by atoms with Gasteiger partial charge in [0.05, 0.1) is 0 Å². The average Bonchev–Trinajstić information content (AvgIpc) is 2.70. The molecule has 0 saturated heterocycles. The highest BCUT2D eigenvalue weighted by Crippen LogP contribution is 2.36. The molecule has 0 atom stereocenters. The number of fused-ring (bicyclic) bond motifs is 1. The van der Waals surface area contributed by atoms with Gasteiger partial charge in [0.1, 0.15) is 0 Å². The second-order valence-electron chi connectivity index (χ2n) is 4.69. The fourth-order valence-corrected chi connectivity index (χ4v) is 1.49. The van der Waals surface area contributed by atoms with E-state index in [1.807, 2.05) is 0 Å². The summed E-state index contributed by atoms with van der Waals surface area (Å²) in [5.74, 6) is 0. The van der Waals surface area contributed by atoms with E-state index in [1.54, 1.807) is 0 Å². The van der Waals surface area contributed by atoms with Crippen molar-refractivity contribution in [2.45, 2.75) is 25.6 Å². The molecular weight excluding hydrogens is 262 g/mol. The Hall–Kier alpha value is -1.61. The van der Waals surface area contributed by atoms with Crippen molar-refractivity contribution in [1.29, 1.82) is 0 Å². The summed E-state index contributed by atoms with van der Waals surface area (Å²) in [4.78, 5) is 3.80. The van der Waals surface area contributed by atoms with E-state index in [1.165, 1.54) is 12.3 Å². The van der Waals surface area contributed by atoms with E-state index in [2.05, 4.69) is 10.1 Å². The van der Waals surface area contributed by atoms with Gasteiger partial charge in [-0.25, -0.2) is 4.98 Å². The Morgan fingerprint density at radius 1 is 1.26 bits per heavy atom. The van der Waals surface area contributed by atoms with E-state index >= 15 is 0 Å².